The largest absolute Gasteiger partial charge is 0.496 e. The lowest BCUT2D eigenvalue weighted by molar-refractivity contribution is 0.416. The SMILES string of the molecule is COc1ccccc1-c1cc(-c2ccccc2OC)[nH]c(=O)n1. The molecule has 2 aromatic carbocycles. The van der Waals surface area contributed by atoms with Gasteiger partial charge in [-0.05, 0) is 30.3 Å². The van der Waals surface area contributed by atoms with Crippen LogP contribution in [0.25, 0.3) is 22.5 Å². The van der Waals surface area contributed by atoms with Gasteiger partial charge in [0.2, 0.25) is 0 Å². The fraction of sp³-hybridized carbons (Fsp3) is 0.111. The van der Waals surface area contributed by atoms with Crippen molar-refractivity contribution in [3.63, 3.8) is 0 Å². The van der Waals surface area contributed by atoms with Crippen LogP contribution in [0.2, 0.25) is 0 Å². The molecule has 3 rings (SSSR count). The maximum absolute atomic E-state index is 12.0. The van der Waals surface area contributed by atoms with Crippen LogP contribution in [0.3, 0.4) is 0 Å². The van der Waals surface area contributed by atoms with Gasteiger partial charge in [0.05, 0.1) is 25.6 Å². The normalized spacial score (nSPS) is 10.3. The van der Waals surface area contributed by atoms with Crippen molar-refractivity contribution in [1.29, 1.82) is 0 Å². The highest BCUT2D eigenvalue weighted by Gasteiger charge is 2.12. The fourth-order valence-corrected chi connectivity index (χ4v) is 2.46. The molecule has 1 N–H and O–H groups in total. The Kier molecular flexibility index (Phi) is 4.10. The lowest BCUT2D eigenvalue weighted by atomic mass is 10.1. The van der Waals surface area contributed by atoms with E-state index in [0.29, 0.717) is 22.9 Å². The minimum atomic E-state index is -0.422. The summed E-state index contributed by atoms with van der Waals surface area (Å²) >= 11 is 0. The van der Waals surface area contributed by atoms with Crippen LogP contribution in [0.4, 0.5) is 0 Å². The lowest BCUT2D eigenvalue weighted by Gasteiger charge is -2.11. The van der Waals surface area contributed by atoms with Crippen molar-refractivity contribution in [3.05, 3.63) is 65.1 Å². The third-order valence-electron chi connectivity index (χ3n) is 3.52. The molecular weight excluding hydrogens is 292 g/mol. The Bertz CT molecular complexity index is 818. The van der Waals surface area contributed by atoms with Crippen LogP contribution in [0.5, 0.6) is 11.5 Å². The summed E-state index contributed by atoms with van der Waals surface area (Å²) in [6.45, 7) is 0. The number of hydrogen-bond acceptors (Lipinski definition) is 4. The van der Waals surface area contributed by atoms with E-state index < -0.39 is 5.69 Å². The van der Waals surface area contributed by atoms with Gasteiger partial charge >= 0.3 is 5.69 Å². The summed E-state index contributed by atoms with van der Waals surface area (Å²) < 4.78 is 10.7. The fourth-order valence-electron chi connectivity index (χ4n) is 2.46. The second kappa shape index (κ2) is 6.36. The summed E-state index contributed by atoms with van der Waals surface area (Å²) in [5.74, 6) is 1.34. The highest BCUT2D eigenvalue weighted by atomic mass is 16.5. The zero-order valence-electron chi connectivity index (χ0n) is 12.9. The molecule has 0 fully saturated rings. The van der Waals surface area contributed by atoms with Crippen molar-refractivity contribution in [2.75, 3.05) is 14.2 Å². The second-order valence-corrected chi connectivity index (χ2v) is 4.89. The predicted molar refractivity (Wildman–Crippen MR) is 88.8 cm³/mol. The average Bonchev–Trinajstić information content (AvgIpc) is 2.61. The van der Waals surface area contributed by atoms with Gasteiger partial charge in [0.15, 0.2) is 0 Å². The van der Waals surface area contributed by atoms with Crippen LogP contribution in [0, 0.1) is 0 Å². The smallest absolute Gasteiger partial charge is 0.345 e. The van der Waals surface area contributed by atoms with Gasteiger partial charge in [0, 0.05) is 11.1 Å². The summed E-state index contributed by atoms with van der Waals surface area (Å²) in [5.41, 5.74) is 2.33. The van der Waals surface area contributed by atoms with Gasteiger partial charge in [-0.25, -0.2) is 4.79 Å². The van der Waals surface area contributed by atoms with Crippen LogP contribution in [-0.4, -0.2) is 24.2 Å². The number of aromatic nitrogens is 2. The molecule has 0 amide bonds. The van der Waals surface area contributed by atoms with Gasteiger partial charge < -0.3 is 14.5 Å². The van der Waals surface area contributed by atoms with Crippen molar-refractivity contribution >= 4 is 0 Å². The lowest BCUT2D eigenvalue weighted by Crippen LogP contribution is -2.12. The van der Waals surface area contributed by atoms with Crippen molar-refractivity contribution in [2.45, 2.75) is 0 Å². The molecule has 5 nitrogen and oxygen atoms in total. The molecule has 0 unspecified atom stereocenters. The second-order valence-electron chi connectivity index (χ2n) is 4.89. The molecule has 0 spiro atoms. The number of benzene rings is 2. The Morgan fingerprint density at radius 1 is 0.870 bits per heavy atom. The molecule has 0 saturated heterocycles. The molecule has 1 heterocycles. The van der Waals surface area contributed by atoms with Crippen molar-refractivity contribution < 1.29 is 9.47 Å². The molecule has 0 saturated carbocycles. The summed E-state index contributed by atoms with van der Waals surface area (Å²) in [7, 11) is 3.19. The highest BCUT2D eigenvalue weighted by Crippen LogP contribution is 2.32. The molecule has 5 heteroatoms. The van der Waals surface area contributed by atoms with E-state index in [4.69, 9.17) is 9.47 Å². The molecular formula is C18H16N2O3. The van der Waals surface area contributed by atoms with Crippen LogP contribution in [0.15, 0.2) is 59.4 Å². The van der Waals surface area contributed by atoms with Crippen LogP contribution in [0.1, 0.15) is 0 Å². The van der Waals surface area contributed by atoms with Crippen LogP contribution in [-0.2, 0) is 0 Å². The first kappa shape index (κ1) is 14.8. The molecule has 0 aliphatic rings. The minimum Gasteiger partial charge on any atom is -0.496 e. The van der Waals surface area contributed by atoms with E-state index in [9.17, 15) is 4.79 Å². The quantitative estimate of drug-likeness (QED) is 0.804. The number of H-pyrrole nitrogens is 1. The number of methoxy groups -OCH3 is 2. The van der Waals surface area contributed by atoms with Crippen molar-refractivity contribution in [1.82, 2.24) is 9.97 Å². The first-order chi connectivity index (χ1) is 11.2. The van der Waals surface area contributed by atoms with E-state index in [1.54, 1.807) is 14.2 Å². The summed E-state index contributed by atoms with van der Waals surface area (Å²) in [6.07, 6.45) is 0. The summed E-state index contributed by atoms with van der Waals surface area (Å²) in [5, 5.41) is 0. The molecule has 3 aromatic rings. The average molecular weight is 308 g/mol. The standard InChI is InChI=1S/C18H16N2O3/c1-22-16-9-5-3-7-12(16)14-11-15(20-18(21)19-14)13-8-4-6-10-17(13)23-2/h3-11H,1-2H3,(H,19,20,21). The number of para-hydroxylation sites is 2. The Labute approximate surface area is 133 Å². The van der Waals surface area contributed by atoms with Crippen LogP contribution < -0.4 is 15.2 Å². The maximum Gasteiger partial charge on any atom is 0.345 e. The Morgan fingerprint density at radius 2 is 1.43 bits per heavy atom. The molecule has 116 valence electrons. The number of rotatable bonds is 4. The number of aromatic amines is 1. The van der Waals surface area contributed by atoms with Gasteiger partial charge in [0.1, 0.15) is 11.5 Å². The van der Waals surface area contributed by atoms with Crippen molar-refractivity contribution in [2.24, 2.45) is 0 Å². The molecule has 0 atom stereocenters. The van der Waals surface area contributed by atoms with E-state index in [1.807, 2.05) is 54.6 Å². The van der Waals surface area contributed by atoms with Crippen molar-refractivity contribution in [3.8, 4) is 34.0 Å². The molecule has 0 aliphatic heterocycles. The third-order valence-corrected chi connectivity index (χ3v) is 3.52. The molecule has 0 radical (unpaired) electrons. The van der Waals surface area contributed by atoms with E-state index in [2.05, 4.69) is 9.97 Å². The van der Waals surface area contributed by atoms with Gasteiger partial charge in [-0.3, -0.25) is 0 Å². The van der Waals surface area contributed by atoms with Crippen LogP contribution >= 0.6 is 0 Å². The molecule has 1 aromatic heterocycles. The topological polar surface area (TPSA) is 64.2 Å². The number of nitrogens with one attached hydrogen (secondary N) is 1. The number of hydrogen-bond donors (Lipinski definition) is 1. The highest BCUT2D eigenvalue weighted by molar-refractivity contribution is 5.74. The summed E-state index contributed by atoms with van der Waals surface area (Å²) in [4.78, 5) is 18.8. The first-order valence-electron chi connectivity index (χ1n) is 7.11. The van der Waals surface area contributed by atoms with E-state index in [0.717, 1.165) is 11.1 Å². The monoisotopic (exact) mass is 308 g/mol. The minimum absolute atomic E-state index is 0.422. The Morgan fingerprint density at radius 3 is 2.09 bits per heavy atom. The Hall–Kier alpha value is -3.08. The zero-order chi connectivity index (χ0) is 16.2. The van der Waals surface area contributed by atoms with E-state index in [-0.39, 0.29) is 0 Å². The number of ether oxygens (including phenoxy) is 2. The zero-order valence-corrected chi connectivity index (χ0v) is 12.9. The first-order valence-corrected chi connectivity index (χ1v) is 7.11. The van der Waals surface area contributed by atoms with Gasteiger partial charge in [0.25, 0.3) is 0 Å². The molecule has 0 bridgehead atoms. The third kappa shape index (κ3) is 2.94. The van der Waals surface area contributed by atoms with Gasteiger partial charge in [-0.2, -0.15) is 4.98 Å². The maximum atomic E-state index is 12.0. The molecule has 23 heavy (non-hydrogen) atoms. The molecule has 0 aliphatic carbocycles. The predicted octanol–water partition coefficient (Wildman–Crippen LogP) is 3.12. The van der Waals surface area contributed by atoms with Gasteiger partial charge in [-0.15, -0.1) is 0 Å². The van der Waals surface area contributed by atoms with E-state index in [1.165, 1.54) is 0 Å². The van der Waals surface area contributed by atoms with Gasteiger partial charge in [-0.1, -0.05) is 24.3 Å². The number of nitrogens with zero attached hydrogens (tertiary/aromatic N) is 1. The summed E-state index contributed by atoms with van der Waals surface area (Å²) in [6, 6.07) is 16.8. The Balaban J connectivity index is 2.19. The van der Waals surface area contributed by atoms with E-state index >= 15 is 0 Å².